The fourth-order valence-corrected chi connectivity index (χ4v) is 2.48. The van der Waals surface area contributed by atoms with Crippen LogP contribution in [0.5, 0.6) is 0 Å². The Balaban J connectivity index is 2.10. The molecule has 1 aromatic rings. The van der Waals surface area contributed by atoms with Crippen molar-refractivity contribution < 1.29 is 0 Å². The van der Waals surface area contributed by atoms with Gasteiger partial charge in [-0.15, -0.1) is 0 Å². The normalized spacial score (nSPS) is 20.3. The molecule has 1 fully saturated rings. The van der Waals surface area contributed by atoms with Gasteiger partial charge in [-0.3, -0.25) is 4.79 Å². The topological polar surface area (TPSA) is 52.2 Å². The monoisotopic (exact) mass is 250 g/mol. The van der Waals surface area contributed by atoms with Crippen LogP contribution in [0.15, 0.2) is 10.9 Å². The lowest BCUT2D eigenvalue weighted by molar-refractivity contribution is 0.314. The molecule has 2 heterocycles. The Morgan fingerprint density at radius 3 is 3.00 bits per heavy atom. The highest BCUT2D eigenvalue weighted by atomic mass is 16.1. The van der Waals surface area contributed by atoms with Crippen molar-refractivity contribution in [2.75, 3.05) is 32.1 Å². The summed E-state index contributed by atoms with van der Waals surface area (Å²) in [6.45, 7) is 4.09. The molecule has 1 aromatic heterocycles. The number of H-pyrrole nitrogens is 1. The maximum absolute atomic E-state index is 11.5. The standard InChI is InChI=1S/C13H22N4O/c1-4-11-14-12(8-13(18)15-11)17(3)9-10-6-5-7-16(10)2/h8,10H,4-7,9H2,1-3H3,(H,14,15,18). The van der Waals surface area contributed by atoms with Gasteiger partial charge in [0.2, 0.25) is 0 Å². The van der Waals surface area contributed by atoms with Gasteiger partial charge in [0.05, 0.1) is 0 Å². The van der Waals surface area contributed by atoms with Gasteiger partial charge in [0.15, 0.2) is 0 Å². The number of hydrogen-bond acceptors (Lipinski definition) is 4. The molecule has 1 unspecified atom stereocenters. The molecule has 0 radical (unpaired) electrons. The van der Waals surface area contributed by atoms with E-state index in [1.54, 1.807) is 6.07 Å². The molecular formula is C13H22N4O. The summed E-state index contributed by atoms with van der Waals surface area (Å²) in [4.78, 5) is 23.2. The van der Waals surface area contributed by atoms with E-state index in [0.29, 0.717) is 6.04 Å². The van der Waals surface area contributed by atoms with Crippen LogP contribution in [0.1, 0.15) is 25.6 Å². The second-order valence-corrected chi connectivity index (χ2v) is 5.06. The van der Waals surface area contributed by atoms with Gasteiger partial charge in [0, 0.05) is 32.1 Å². The zero-order valence-electron chi connectivity index (χ0n) is 11.4. The third kappa shape index (κ3) is 2.90. The van der Waals surface area contributed by atoms with Gasteiger partial charge in [0.1, 0.15) is 11.6 Å². The number of likely N-dealkylation sites (N-methyl/N-ethyl adjacent to an activating group) is 2. The van der Waals surface area contributed by atoms with Crippen LogP contribution in [0.4, 0.5) is 5.82 Å². The van der Waals surface area contributed by atoms with Gasteiger partial charge in [-0.25, -0.2) is 4.98 Å². The Kier molecular flexibility index (Phi) is 4.01. The van der Waals surface area contributed by atoms with Crippen LogP contribution >= 0.6 is 0 Å². The van der Waals surface area contributed by atoms with E-state index in [-0.39, 0.29) is 5.56 Å². The summed E-state index contributed by atoms with van der Waals surface area (Å²) in [6.07, 6.45) is 3.24. The molecule has 0 aromatic carbocycles. The second kappa shape index (κ2) is 5.52. The van der Waals surface area contributed by atoms with Crippen LogP contribution in [-0.2, 0) is 6.42 Å². The molecule has 0 spiro atoms. The molecule has 0 amide bonds. The fraction of sp³-hybridized carbons (Fsp3) is 0.692. The number of nitrogens with zero attached hydrogens (tertiary/aromatic N) is 3. The Labute approximate surface area is 108 Å². The predicted octanol–water partition coefficient (Wildman–Crippen LogP) is 0.863. The average Bonchev–Trinajstić information content (AvgIpc) is 2.74. The van der Waals surface area contributed by atoms with Crippen LogP contribution in [-0.4, -0.2) is 48.1 Å². The second-order valence-electron chi connectivity index (χ2n) is 5.06. The summed E-state index contributed by atoms with van der Waals surface area (Å²) in [7, 11) is 4.17. The Morgan fingerprint density at radius 2 is 2.39 bits per heavy atom. The number of aromatic amines is 1. The first-order chi connectivity index (χ1) is 8.60. The highest BCUT2D eigenvalue weighted by Crippen LogP contribution is 2.17. The molecule has 1 aliphatic heterocycles. The van der Waals surface area contributed by atoms with Crippen LogP contribution < -0.4 is 10.5 Å². The minimum absolute atomic E-state index is 0.0662. The van der Waals surface area contributed by atoms with E-state index in [4.69, 9.17) is 0 Å². The average molecular weight is 250 g/mol. The van der Waals surface area contributed by atoms with E-state index in [1.807, 2.05) is 14.0 Å². The van der Waals surface area contributed by atoms with Crippen molar-refractivity contribution in [2.24, 2.45) is 0 Å². The Morgan fingerprint density at radius 1 is 1.61 bits per heavy atom. The zero-order valence-corrected chi connectivity index (χ0v) is 11.4. The summed E-state index contributed by atoms with van der Waals surface area (Å²) < 4.78 is 0. The SMILES string of the molecule is CCc1nc(N(C)CC2CCCN2C)cc(=O)[nH]1. The van der Waals surface area contributed by atoms with E-state index in [9.17, 15) is 4.79 Å². The number of likely N-dealkylation sites (tertiary alicyclic amines) is 1. The largest absolute Gasteiger partial charge is 0.358 e. The fourth-order valence-electron chi connectivity index (χ4n) is 2.48. The Hall–Kier alpha value is -1.36. The molecule has 1 aliphatic rings. The molecule has 5 heteroatoms. The van der Waals surface area contributed by atoms with Crippen molar-refractivity contribution in [1.82, 2.24) is 14.9 Å². The molecule has 1 N–H and O–H groups in total. The minimum atomic E-state index is -0.0662. The molecule has 2 rings (SSSR count). The van der Waals surface area contributed by atoms with Gasteiger partial charge < -0.3 is 14.8 Å². The van der Waals surface area contributed by atoms with Gasteiger partial charge in [-0.05, 0) is 26.4 Å². The highest BCUT2D eigenvalue weighted by Gasteiger charge is 2.22. The quantitative estimate of drug-likeness (QED) is 0.861. The summed E-state index contributed by atoms with van der Waals surface area (Å²) in [5.74, 6) is 1.53. The van der Waals surface area contributed by atoms with Crippen molar-refractivity contribution in [3.05, 3.63) is 22.2 Å². The molecule has 0 saturated carbocycles. The van der Waals surface area contributed by atoms with Crippen molar-refractivity contribution >= 4 is 5.82 Å². The number of hydrogen-bond donors (Lipinski definition) is 1. The summed E-state index contributed by atoms with van der Waals surface area (Å²) >= 11 is 0. The van der Waals surface area contributed by atoms with Crippen LogP contribution in [0.25, 0.3) is 0 Å². The molecule has 5 nitrogen and oxygen atoms in total. The van der Waals surface area contributed by atoms with Crippen LogP contribution in [0.2, 0.25) is 0 Å². The molecule has 0 bridgehead atoms. The molecule has 100 valence electrons. The number of aromatic nitrogens is 2. The maximum atomic E-state index is 11.5. The number of rotatable bonds is 4. The molecule has 0 aliphatic carbocycles. The van der Waals surface area contributed by atoms with E-state index in [1.165, 1.54) is 19.4 Å². The number of aryl methyl sites for hydroxylation is 1. The zero-order chi connectivity index (χ0) is 13.1. The molecule has 1 saturated heterocycles. The van der Waals surface area contributed by atoms with E-state index in [2.05, 4.69) is 26.8 Å². The lowest BCUT2D eigenvalue weighted by atomic mass is 10.2. The van der Waals surface area contributed by atoms with E-state index < -0.39 is 0 Å². The lowest BCUT2D eigenvalue weighted by Crippen LogP contribution is -2.37. The number of nitrogens with one attached hydrogen (secondary N) is 1. The number of anilines is 1. The molecular weight excluding hydrogens is 228 g/mol. The van der Waals surface area contributed by atoms with Crippen molar-refractivity contribution in [2.45, 2.75) is 32.2 Å². The first kappa shape index (κ1) is 13.1. The van der Waals surface area contributed by atoms with Crippen LogP contribution in [0.3, 0.4) is 0 Å². The summed E-state index contributed by atoms with van der Waals surface area (Å²) in [6, 6.07) is 2.15. The minimum Gasteiger partial charge on any atom is -0.358 e. The van der Waals surface area contributed by atoms with E-state index in [0.717, 1.165) is 24.6 Å². The summed E-state index contributed by atoms with van der Waals surface area (Å²) in [5.41, 5.74) is -0.0662. The molecule has 1 atom stereocenters. The molecule has 18 heavy (non-hydrogen) atoms. The van der Waals surface area contributed by atoms with Gasteiger partial charge >= 0.3 is 0 Å². The lowest BCUT2D eigenvalue weighted by Gasteiger charge is -2.26. The smallest absolute Gasteiger partial charge is 0.252 e. The first-order valence-electron chi connectivity index (χ1n) is 6.61. The maximum Gasteiger partial charge on any atom is 0.252 e. The van der Waals surface area contributed by atoms with Crippen molar-refractivity contribution in [1.29, 1.82) is 0 Å². The summed E-state index contributed by atoms with van der Waals surface area (Å²) in [5, 5.41) is 0. The van der Waals surface area contributed by atoms with Crippen molar-refractivity contribution in [3.8, 4) is 0 Å². The Bertz CT molecular complexity index is 457. The predicted molar refractivity (Wildman–Crippen MR) is 73.2 cm³/mol. The van der Waals surface area contributed by atoms with Crippen molar-refractivity contribution in [3.63, 3.8) is 0 Å². The van der Waals surface area contributed by atoms with Gasteiger partial charge in [-0.1, -0.05) is 6.92 Å². The third-order valence-electron chi connectivity index (χ3n) is 3.66. The van der Waals surface area contributed by atoms with Gasteiger partial charge in [-0.2, -0.15) is 0 Å². The van der Waals surface area contributed by atoms with Crippen LogP contribution in [0, 0.1) is 0 Å². The first-order valence-corrected chi connectivity index (χ1v) is 6.61. The highest BCUT2D eigenvalue weighted by molar-refractivity contribution is 5.36. The van der Waals surface area contributed by atoms with E-state index >= 15 is 0 Å². The third-order valence-corrected chi connectivity index (χ3v) is 3.66. The van der Waals surface area contributed by atoms with Gasteiger partial charge in [0.25, 0.3) is 5.56 Å².